The van der Waals surface area contributed by atoms with Crippen molar-refractivity contribution in [2.24, 2.45) is 11.7 Å². The van der Waals surface area contributed by atoms with E-state index in [1.54, 1.807) is 0 Å². The van der Waals surface area contributed by atoms with E-state index >= 15 is 0 Å². The molecule has 0 saturated heterocycles. The van der Waals surface area contributed by atoms with E-state index in [-0.39, 0.29) is 0 Å². The molecule has 0 amide bonds. The Labute approximate surface area is 67.6 Å². The maximum Gasteiger partial charge on any atom is 0.320 e. The molecule has 0 spiro atoms. The van der Waals surface area contributed by atoms with Crippen molar-refractivity contribution < 1.29 is 9.90 Å². The maximum atomic E-state index is 10.3. The summed E-state index contributed by atoms with van der Waals surface area (Å²) in [5, 5.41) is 8.47. The largest absolute Gasteiger partial charge is 0.480 e. The molecule has 0 aliphatic carbocycles. The van der Waals surface area contributed by atoms with Gasteiger partial charge in [0.25, 0.3) is 0 Å². The van der Waals surface area contributed by atoms with Gasteiger partial charge >= 0.3 is 5.97 Å². The normalized spacial score (nSPS) is 15.9. The van der Waals surface area contributed by atoms with Crippen molar-refractivity contribution in [2.75, 3.05) is 0 Å². The van der Waals surface area contributed by atoms with Gasteiger partial charge in [-0.15, -0.1) is 0 Å². The maximum absolute atomic E-state index is 10.3. The summed E-state index contributed by atoms with van der Waals surface area (Å²) in [4.78, 5) is 10.3. The number of carboxylic acid groups (broad SMARTS) is 1. The van der Waals surface area contributed by atoms with Crippen LogP contribution < -0.4 is 5.73 Å². The van der Waals surface area contributed by atoms with E-state index in [0.717, 1.165) is 12.8 Å². The van der Waals surface area contributed by atoms with Gasteiger partial charge in [0.15, 0.2) is 0 Å². The minimum Gasteiger partial charge on any atom is -0.480 e. The lowest BCUT2D eigenvalue weighted by Crippen LogP contribution is -2.31. The molecule has 0 aromatic carbocycles. The Morgan fingerprint density at radius 3 is 2.55 bits per heavy atom. The van der Waals surface area contributed by atoms with Crippen molar-refractivity contribution in [3.05, 3.63) is 0 Å². The molecule has 0 heterocycles. The number of rotatable bonds is 5. The third kappa shape index (κ3) is 4.79. The number of hydrogen-bond donors (Lipinski definition) is 2. The minimum absolute atomic E-state index is 0.422. The van der Waals surface area contributed by atoms with Gasteiger partial charge in [-0.1, -0.05) is 26.7 Å². The van der Waals surface area contributed by atoms with Crippen molar-refractivity contribution in [1.29, 1.82) is 0 Å². The molecule has 0 bridgehead atoms. The second-order valence-corrected chi connectivity index (χ2v) is 3.07. The molecule has 66 valence electrons. The van der Waals surface area contributed by atoms with Gasteiger partial charge in [-0.2, -0.15) is 0 Å². The van der Waals surface area contributed by atoms with Crippen LogP contribution in [0, 0.1) is 5.92 Å². The Balaban J connectivity index is 3.56. The van der Waals surface area contributed by atoms with E-state index in [1.165, 1.54) is 0 Å². The molecule has 0 unspecified atom stereocenters. The van der Waals surface area contributed by atoms with E-state index in [9.17, 15) is 4.79 Å². The molecule has 0 fully saturated rings. The summed E-state index contributed by atoms with van der Waals surface area (Å²) in [6.07, 6.45) is 2.73. The van der Waals surface area contributed by atoms with Crippen LogP contribution in [-0.4, -0.2) is 17.1 Å². The summed E-state index contributed by atoms with van der Waals surface area (Å²) in [5.41, 5.74) is 5.35. The number of carboxylic acids is 1. The Morgan fingerprint density at radius 1 is 1.64 bits per heavy atom. The van der Waals surface area contributed by atoms with Gasteiger partial charge in [0, 0.05) is 0 Å². The first-order valence-electron chi connectivity index (χ1n) is 4.06. The lowest BCUT2D eigenvalue weighted by molar-refractivity contribution is -0.138. The number of aliphatic carboxylic acids is 1. The van der Waals surface area contributed by atoms with Crippen LogP contribution in [0.25, 0.3) is 0 Å². The molecule has 3 nitrogen and oxygen atoms in total. The Bertz CT molecular complexity index is 125. The second-order valence-electron chi connectivity index (χ2n) is 3.07. The SMILES string of the molecule is CCC[C@@H](C)C[C@@H](N)C(=O)O. The summed E-state index contributed by atoms with van der Waals surface area (Å²) in [6.45, 7) is 4.12. The van der Waals surface area contributed by atoms with Gasteiger partial charge in [0.1, 0.15) is 6.04 Å². The Kier molecular flexibility index (Phi) is 4.86. The van der Waals surface area contributed by atoms with E-state index in [4.69, 9.17) is 10.8 Å². The standard InChI is InChI=1S/C8H17NO2/c1-3-4-6(2)5-7(9)8(10)11/h6-7H,3-5,9H2,1-2H3,(H,10,11)/t6-,7-/m1/s1. The minimum atomic E-state index is -0.895. The molecule has 11 heavy (non-hydrogen) atoms. The molecule has 3 N–H and O–H groups in total. The highest BCUT2D eigenvalue weighted by Gasteiger charge is 2.14. The van der Waals surface area contributed by atoms with Crippen molar-refractivity contribution in [3.8, 4) is 0 Å². The van der Waals surface area contributed by atoms with Crippen molar-refractivity contribution in [3.63, 3.8) is 0 Å². The molecule has 3 heteroatoms. The fourth-order valence-electron chi connectivity index (χ4n) is 1.14. The summed E-state index contributed by atoms with van der Waals surface area (Å²) >= 11 is 0. The fourth-order valence-corrected chi connectivity index (χ4v) is 1.14. The predicted molar refractivity (Wildman–Crippen MR) is 44.3 cm³/mol. The highest BCUT2D eigenvalue weighted by Crippen LogP contribution is 2.11. The van der Waals surface area contributed by atoms with E-state index in [0.29, 0.717) is 12.3 Å². The van der Waals surface area contributed by atoms with Gasteiger partial charge in [-0.25, -0.2) is 0 Å². The first kappa shape index (κ1) is 10.4. The van der Waals surface area contributed by atoms with Crippen LogP contribution in [0.3, 0.4) is 0 Å². The first-order chi connectivity index (χ1) is 5.07. The van der Waals surface area contributed by atoms with Crippen molar-refractivity contribution >= 4 is 5.97 Å². The molecule has 0 radical (unpaired) electrons. The molecule has 0 aliphatic rings. The van der Waals surface area contributed by atoms with Crippen LogP contribution in [0.2, 0.25) is 0 Å². The van der Waals surface area contributed by atoms with E-state index in [1.807, 2.05) is 6.92 Å². The highest BCUT2D eigenvalue weighted by atomic mass is 16.4. The highest BCUT2D eigenvalue weighted by molar-refractivity contribution is 5.72. The predicted octanol–water partition coefficient (Wildman–Crippen LogP) is 1.22. The zero-order valence-corrected chi connectivity index (χ0v) is 7.21. The quantitative estimate of drug-likeness (QED) is 0.634. The molecule has 0 aromatic heterocycles. The van der Waals surface area contributed by atoms with Gasteiger partial charge in [0.05, 0.1) is 0 Å². The molecule has 0 saturated carbocycles. The van der Waals surface area contributed by atoms with Gasteiger partial charge in [0.2, 0.25) is 0 Å². The second kappa shape index (κ2) is 5.13. The summed E-state index contributed by atoms with van der Waals surface area (Å²) in [7, 11) is 0. The number of carbonyl (C=O) groups is 1. The fraction of sp³-hybridized carbons (Fsp3) is 0.875. The molecular formula is C8H17NO2. The first-order valence-corrected chi connectivity index (χ1v) is 4.06. The molecule has 0 aliphatic heterocycles. The Morgan fingerprint density at radius 2 is 2.18 bits per heavy atom. The van der Waals surface area contributed by atoms with Crippen LogP contribution in [0.5, 0.6) is 0 Å². The smallest absolute Gasteiger partial charge is 0.320 e. The van der Waals surface area contributed by atoms with Gasteiger partial charge < -0.3 is 10.8 Å². The van der Waals surface area contributed by atoms with Crippen LogP contribution >= 0.6 is 0 Å². The average Bonchev–Trinajstić information content (AvgIpc) is 1.87. The monoisotopic (exact) mass is 159 g/mol. The third-order valence-corrected chi connectivity index (χ3v) is 1.75. The third-order valence-electron chi connectivity index (χ3n) is 1.75. The summed E-state index contributed by atoms with van der Waals surface area (Å²) in [5.74, 6) is -0.473. The van der Waals surface area contributed by atoms with Crippen molar-refractivity contribution in [2.45, 2.75) is 39.2 Å². The van der Waals surface area contributed by atoms with Gasteiger partial charge in [-0.05, 0) is 12.3 Å². The molecular weight excluding hydrogens is 142 g/mol. The van der Waals surface area contributed by atoms with E-state index in [2.05, 4.69) is 6.92 Å². The lowest BCUT2D eigenvalue weighted by Gasteiger charge is -2.12. The zero-order valence-electron chi connectivity index (χ0n) is 7.21. The molecule has 2 atom stereocenters. The zero-order chi connectivity index (χ0) is 8.85. The van der Waals surface area contributed by atoms with Crippen molar-refractivity contribution in [1.82, 2.24) is 0 Å². The average molecular weight is 159 g/mol. The van der Waals surface area contributed by atoms with Crippen LogP contribution in [0.15, 0.2) is 0 Å². The lowest BCUT2D eigenvalue weighted by atomic mass is 9.98. The van der Waals surface area contributed by atoms with Gasteiger partial charge in [-0.3, -0.25) is 4.79 Å². The molecule has 0 aromatic rings. The topological polar surface area (TPSA) is 63.3 Å². The van der Waals surface area contributed by atoms with E-state index < -0.39 is 12.0 Å². The number of nitrogens with two attached hydrogens (primary N) is 1. The Hall–Kier alpha value is -0.570. The van der Waals surface area contributed by atoms with Crippen LogP contribution in [-0.2, 0) is 4.79 Å². The summed E-state index contributed by atoms with van der Waals surface area (Å²) in [6, 6.07) is -0.684. The molecule has 0 rings (SSSR count). The summed E-state index contributed by atoms with van der Waals surface area (Å²) < 4.78 is 0. The number of hydrogen-bond acceptors (Lipinski definition) is 2. The van der Waals surface area contributed by atoms with Crippen LogP contribution in [0.1, 0.15) is 33.1 Å². The van der Waals surface area contributed by atoms with Crippen LogP contribution in [0.4, 0.5) is 0 Å².